The van der Waals surface area contributed by atoms with Gasteiger partial charge in [0.15, 0.2) is 5.16 Å². The van der Waals surface area contributed by atoms with Crippen LogP contribution in [0.5, 0.6) is 0 Å². The fourth-order valence-corrected chi connectivity index (χ4v) is 4.26. The molecule has 0 spiro atoms. The predicted octanol–water partition coefficient (Wildman–Crippen LogP) is 5.89. The van der Waals surface area contributed by atoms with E-state index in [2.05, 4.69) is 9.97 Å². The van der Waals surface area contributed by atoms with E-state index in [0.717, 1.165) is 41.9 Å². The van der Waals surface area contributed by atoms with Crippen molar-refractivity contribution in [2.75, 3.05) is 17.2 Å². The van der Waals surface area contributed by atoms with Crippen molar-refractivity contribution in [2.45, 2.75) is 24.2 Å². The quantitative estimate of drug-likeness (QED) is 0.357. The zero-order chi connectivity index (χ0) is 22.0. The lowest BCUT2D eigenvalue weighted by Gasteiger charge is -2.29. The Labute approximate surface area is 186 Å². The minimum absolute atomic E-state index is 0.0598. The Kier molecular flexibility index (Phi) is 6.20. The molecule has 3 aromatic rings. The molecule has 0 N–H and O–H groups in total. The Bertz CT molecular complexity index is 1110. The number of rotatable bonds is 4. The third-order valence-electron chi connectivity index (χ3n) is 4.87. The molecule has 0 fully saturated rings. The highest BCUT2D eigenvalue weighted by molar-refractivity contribution is 7.99. The first-order valence-corrected chi connectivity index (χ1v) is 10.9. The summed E-state index contributed by atoms with van der Waals surface area (Å²) in [4.78, 5) is 22.4. The van der Waals surface area contributed by atoms with Crippen LogP contribution >= 0.6 is 23.4 Å². The van der Waals surface area contributed by atoms with Gasteiger partial charge in [-0.1, -0.05) is 53.7 Å². The number of alkyl halides is 3. The van der Waals surface area contributed by atoms with E-state index in [1.165, 1.54) is 0 Å². The van der Waals surface area contributed by atoms with Crippen molar-refractivity contribution in [3.05, 3.63) is 70.9 Å². The molecule has 1 amide bonds. The molecule has 2 heterocycles. The van der Waals surface area contributed by atoms with Crippen LogP contribution in [-0.4, -0.2) is 28.2 Å². The molecule has 4 nitrogen and oxygen atoms in total. The number of aromatic nitrogens is 2. The molecule has 4 rings (SSSR count). The van der Waals surface area contributed by atoms with E-state index in [4.69, 9.17) is 11.6 Å². The predicted molar refractivity (Wildman–Crippen MR) is 115 cm³/mol. The van der Waals surface area contributed by atoms with Gasteiger partial charge in [0.1, 0.15) is 5.69 Å². The first-order valence-electron chi connectivity index (χ1n) is 9.54. The second kappa shape index (κ2) is 8.88. The van der Waals surface area contributed by atoms with Crippen LogP contribution in [0.4, 0.5) is 18.9 Å². The van der Waals surface area contributed by atoms with Gasteiger partial charge >= 0.3 is 6.18 Å². The fraction of sp³-hybridized carbons (Fsp3) is 0.227. The monoisotopic (exact) mass is 463 g/mol. The molecule has 0 radical (unpaired) electrons. The molecule has 1 aliphatic rings. The first-order chi connectivity index (χ1) is 14.8. The van der Waals surface area contributed by atoms with E-state index in [1.807, 2.05) is 24.3 Å². The third-order valence-corrected chi connectivity index (χ3v) is 5.96. The standard InChI is InChI=1S/C22H17ClF3N3OS/c23-16-9-7-14(8-10-16)17-12-19(22(24,25)26)28-21(27-17)31-13-20(30)29-11-3-5-15-4-1-2-6-18(15)29/h1-2,4,6-10,12H,3,5,11,13H2. The highest BCUT2D eigenvalue weighted by atomic mass is 35.5. The average Bonchev–Trinajstić information content (AvgIpc) is 2.77. The molecular weight excluding hydrogens is 447 g/mol. The third kappa shape index (κ3) is 5.02. The summed E-state index contributed by atoms with van der Waals surface area (Å²) in [6.07, 6.45) is -2.89. The van der Waals surface area contributed by atoms with Crippen molar-refractivity contribution in [1.82, 2.24) is 9.97 Å². The summed E-state index contributed by atoms with van der Waals surface area (Å²) in [6.45, 7) is 0.579. The lowest BCUT2D eigenvalue weighted by atomic mass is 10.0. The molecule has 1 aliphatic heterocycles. The summed E-state index contributed by atoms with van der Waals surface area (Å²) in [5.74, 6) is -0.249. The molecule has 0 saturated heterocycles. The van der Waals surface area contributed by atoms with Crippen LogP contribution < -0.4 is 4.90 Å². The molecule has 1 aromatic heterocycles. The number of fused-ring (bicyclic) bond motifs is 1. The van der Waals surface area contributed by atoms with E-state index in [1.54, 1.807) is 29.2 Å². The summed E-state index contributed by atoms with van der Waals surface area (Å²) in [6, 6.07) is 14.9. The van der Waals surface area contributed by atoms with Crippen LogP contribution in [0.1, 0.15) is 17.7 Å². The molecule has 0 aliphatic carbocycles. The van der Waals surface area contributed by atoms with Gasteiger partial charge in [0, 0.05) is 22.8 Å². The molecule has 0 bridgehead atoms. The van der Waals surface area contributed by atoms with Gasteiger partial charge < -0.3 is 4.90 Å². The Morgan fingerprint density at radius 3 is 2.58 bits per heavy atom. The largest absolute Gasteiger partial charge is 0.433 e. The maximum absolute atomic E-state index is 13.4. The maximum Gasteiger partial charge on any atom is 0.433 e. The van der Waals surface area contributed by atoms with Crippen molar-refractivity contribution >= 4 is 35.0 Å². The van der Waals surface area contributed by atoms with E-state index >= 15 is 0 Å². The minimum Gasteiger partial charge on any atom is -0.311 e. The summed E-state index contributed by atoms with van der Waals surface area (Å²) >= 11 is 6.77. The van der Waals surface area contributed by atoms with Crippen molar-refractivity contribution in [2.24, 2.45) is 0 Å². The van der Waals surface area contributed by atoms with Crippen molar-refractivity contribution in [1.29, 1.82) is 0 Å². The summed E-state index contributed by atoms with van der Waals surface area (Å²) in [5.41, 5.74) is 1.50. The number of carbonyl (C=O) groups is 1. The van der Waals surface area contributed by atoms with Gasteiger partial charge in [0.05, 0.1) is 11.4 Å². The number of anilines is 1. The number of aryl methyl sites for hydroxylation is 1. The van der Waals surface area contributed by atoms with Gasteiger partial charge in [-0.2, -0.15) is 13.2 Å². The van der Waals surface area contributed by atoms with Crippen LogP contribution in [-0.2, 0) is 17.4 Å². The van der Waals surface area contributed by atoms with Gasteiger partial charge in [0.2, 0.25) is 5.91 Å². The van der Waals surface area contributed by atoms with Gasteiger partial charge in [-0.05, 0) is 42.7 Å². The summed E-state index contributed by atoms with van der Waals surface area (Å²) < 4.78 is 40.2. The van der Waals surface area contributed by atoms with Crippen molar-refractivity contribution in [3.63, 3.8) is 0 Å². The lowest BCUT2D eigenvalue weighted by molar-refractivity contribution is -0.141. The maximum atomic E-state index is 13.4. The number of hydrogen-bond donors (Lipinski definition) is 0. The molecule has 0 atom stereocenters. The Morgan fingerprint density at radius 2 is 1.84 bits per heavy atom. The van der Waals surface area contributed by atoms with Crippen LogP contribution in [0.2, 0.25) is 5.02 Å². The zero-order valence-corrected chi connectivity index (χ0v) is 17.8. The second-order valence-electron chi connectivity index (χ2n) is 6.99. The summed E-state index contributed by atoms with van der Waals surface area (Å²) in [7, 11) is 0. The molecule has 160 valence electrons. The van der Waals surface area contributed by atoms with Gasteiger partial charge in [-0.3, -0.25) is 4.79 Å². The topological polar surface area (TPSA) is 46.1 Å². The number of para-hydroxylation sites is 1. The summed E-state index contributed by atoms with van der Waals surface area (Å²) in [5, 5.41) is 0.370. The number of benzene rings is 2. The highest BCUT2D eigenvalue weighted by Crippen LogP contribution is 2.33. The minimum atomic E-state index is -4.63. The normalized spacial score (nSPS) is 13.7. The fourth-order valence-electron chi connectivity index (χ4n) is 3.40. The smallest absolute Gasteiger partial charge is 0.311 e. The Hall–Kier alpha value is -2.58. The number of thioether (sulfide) groups is 1. The van der Waals surface area contributed by atoms with E-state index in [9.17, 15) is 18.0 Å². The number of carbonyl (C=O) groups excluding carboxylic acids is 1. The van der Waals surface area contributed by atoms with Crippen LogP contribution in [0.3, 0.4) is 0 Å². The molecule has 2 aromatic carbocycles. The second-order valence-corrected chi connectivity index (χ2v) is 8.37. The van der Waals surface area contributed by atoms with E-state index in [-0.39, 0.29) is 22.5 Å². The number of nitrogens with zero attached hydrogens (tertiary/aromatic N) is 3. The Balaban J connectivity index is 1.57. The van der Waals surface area contributed by atoms with E-state index in [0.29, 0.717) is 17.1 Å². The number of amides is 1. The van der Waals surface area contributed by atoms with E-state index < -0.39 is 11.9 Å². The van der Waals surface area contributed by atoms with Crippen molar-refractivity contribution < 1.29 is 18.0 Å². The molecule has 9 heteroatoms. The molecule has 31 heavy (non-hydrogen) atoms. The van der Waals surface area contributed by atoms with Crippen LogP contribution in [0.25, 0.3) is 11.3 Å². The SMILES string of the molecule is O=C(CSc1nc(-c2ccc(Cl)cc2)cc(C(F)(F)F)n1)N1CCCc2ccccc21. The first kappa shape index (κ1) is 21.6. The van der Waals surface area contributed by atoms with Gasteiger partial charge in [-0.25, -0.2) is 9.97 Å². The van der Waals surface area contributed by atoms with Gasteiger partial charge in [-0.15, -0.1) is 0 Å². The lowest BCUT2D eigenvalue weighted by Crippen LogP contribution is -2.36. The molecule has 0 unspecified atom stereocenters. The Morgan fingerprint density at radius 1 is 1.10 bits per heavy atom. The van der Waals surface area contributed by atoms with Gasteiger partial charge in [0.25, 0.3) is 0 Å². The number of hydrogen-bond acceptors (Lipinski definition) is 4. The number of halogens is 4. The average molecular weight is 464 g/mol. The highest BCUT2D eigenvalue weighted by Gasteiger charge is 2.34. The van der Waals surface area contributed by atoms with Crippen LogP contribution in [0.15, 0.2) is 59.8 Å². The van der Waals surface area contributed by atoms with Crippen LogP contribution in [0, 0.1) is 0 Å². The molecular formula is C22H17ClF3N3OS. The zero-order valence-electron chi connectivity index (χ0n) is 16.2. The molecule has 0 saturated carbocycles. The van der Waals surface area contributed by atoms with Crippen molar-refractivity contribution in [3.8, 4) is 11.3 Å².